The van der Waals surface area contributed by atoms with Crippen LogP contribution in [0.2, 0.25) is 0 Å². The van der Waals surface area contributed by atoms with Gasteiger partial charge < -0.3 is 4.74 Å². The molecule has 2 heteroatoms. The van der Waals surface area contributed by atoms with Crippen LogP contribution < -0.4 is 0 Å². The van der Waals surface area contributed by atoms with E-state index in [4.69, 9.17) is 0 Å². The molecule has 0 saturated heterocycles. The van der Waals surface area contributed by atoms with Gasteiger partial charge in [-0.1, -0.05) is 33.3 Å². The summed E-state index contributed by atoms with van der Waals surface area (Å²) >= 11 is 0. The van der Waals surface area contributed by atoms with E-state index >= 15 is 0 Å². The molecule has 0 amide bonds. The molecule has 0 spiro atoms. The minimum Gasteiger partial charge on any atom is -0.466 e. The lowest BCUT2D eigenvalue weighted by Crippen LogP contribution is -2.01. The maximum atomic E-state index is 10.8. The highest BCUT2D eigenvalue weighted by molar-refractivity contribution is 5.81. The molecule has 0 radical (unpaired) electrons. The first-order chi connectivity index (χ1) is 6.10. The maximum Gasteiger partial charge on any atom is 0.330 e. The molecular weight excluding hydrogens is 164 g/mol. The van der Waals surface area contributed by atoms with Gasteiger partial charge in [-0.05, 0) is 18.3 Å². The van der Waals surface area contributed by atoms with Crippen molar-refractivity contribution in [2.45, 2.75) is 33.6 Å². The van der Waals surface area contributed by atoms with E-state index in [1.165, 1.54) is 19.6 Å². The van der Waals surface area contributed by atoms with Gasteiger partial charge >= 0.3 is 5.97 Å². The van der Waals surface area contributed by atoms with E-state index in [0.29, 0.717) is 5.92 Å². The summed E-state index contributed by atoms with van der Waals surface area (Å²) in [5, 5.41) is 0. The molecule has 0 unspecified atom stereocenters. The Hall–Kier alpha value is -0.790. The fourth-order valence-corrected chi connectivity index (χ4v) is 1.19. The van der Waals surface area contributed by atoms with Gasteiger partial charge in [0.05, 0.1) is 7.11 Å². The van der Waals surface area contributed by atoms with Crippen molar-refractivity contribution in [2.24, 2.45) is 11.8 Å². The van der Waals surface area contributed by atoms with Gasteiger partial charge in [-0.25, -0.2) is 4.79 Å². The highest BCUT2D eigenvalue weighted by atomic mass is 16.5. The average molecular weight is 184 g/mol. The number of hydrogen-bond donors (Lipinski definition) is 0. The highest BCUT2D eigenvalue weighted by Crippen LogP contribution is 2.15. The minimum absolute atomic E-state index is 0.268. The lowest BCUT2D eigenvalue weighted by atomic mass is 9.95. The Balaban J connectivity index is 3.79. The number of allylic oxidation sites excluding steroid dienone is 1. The van der Waals surface area contributed by atoms with Crippen LogP contribution in [0.4, 0.5) is 0 Å². The van der Waals surface area contributed by atoms with Crippen molar-refractivity contribution in [2.75, 3.05) is 7.11 Å². The SMILES string of the molecule is CC[C@H](C)C[C@H](C)/C=C/C(=O)OC. The molecule has 0 saturated carbocycles. The van der Waals surface area contributed by atoms with E-state index in [2.05, 4.69) is 25.5 Å². The minimum atomic E-state index is -0.268. The van der Waals surface area contributed by atoms with E-state index in [9.17, 15) is 4.79 Å². The van der Waals surface area contributed by atoms with E-state index in [1.54, 1.807) is 0 Å². The Morgan fingerprint density at radius 1 is 1.46 bits per heavy atom. The zero-order chi connectivity index (χ0) is 10.3. The lowest BCUT2D eigenvalue weighted by molar-refractivity contribution is -0.134. The summed E-state index contributed by atoms with van der Waals surface area (Å²) in [5.74, 6) is 0.905. The summed E-state index contributed by atoms with van der Waals surface area (Å²) in [6, 6.07) is 0. The predicted octanol–water partition coefficient (Wildman–Crippen LogP) is 2.79. The number of esters is 1. The van der Waals surface area contributed by atoms with Crippen LogP contribution in [0.15, 0.2) is 12.2 Å². The Bertz CT molecular complexity index is 173. The molecule has 76 valence electrons. The molecule has 0 aromatic carbocycles. The standard InChI is InChI=1S/C11H20O2/c1-5-9(2)8-10(3)6-7-11(12)13-4/h6-7,9-10H,5,8H2,1-4H3/b7-6+/t9-,10+/m0/s1. The number of carbonyl (C=O) groups is 1. The number of hydrogen-bond acceptors (Lipinski definition) is 2. The van der Waals surface area contributed by atoms with Gasteiger partial charge in [0.1, 0.15) is 0 Å². The maximum absolute atomic E-state index is 10.8. The first-order valence-corrected chi connectivity index (χ1v) is 4.86. The van der Waals surface area contributed by atoms with Crippen LogP contribution in [-0.4, -0.2) is 13.1 Å². The quantitative estimate of drug-likeness (QED) is 0.485. The number of ether oxygens (including phenoxy) is 1. The molecule has 0 aromatic heterocycles. The van der Waals surface area contributed by atoms with Crippen molar-refractivity contribution < 1.29 is 9.53 Å². The molecule has 0 aliphatic heterocycles. The molecule has 0 rings (SSSR count). The van der Waals surface area contributed by atoms with Gasteiger partial charge in [0.2, 0.25) is 0 Å². The molecule has 2 nitrogen and oxygen atoms in total. The summed E-state index contributed by atoms with van der Waals surface area (Å²) in [7, 11) is 1.39. The predicted molar refractivity (Wildman–Crippen MR) is 54.4 cm³/mol. The Kier molecular flexibility index (Phi) is 6.29. The molecular formula is C11H20O2. The number of carbonyl (C=O) groups excluding carboxylic acids is 1. The van der Waals surface area contributed by atoms with Crippen molar-refractivity contribution in [1.82, 2.24) is 0 Å². The van der Waals surface area contributed by atoms with Crippen LogP contribution >= 0.6 is 0 Å². The van der Waals surface area contributed by atoms with Crippen LogP contribution in [-0.2, 0) is 9.53 Å². The van der Waals surface area contributed by atoms with Gasteiger partial charge in [0.15, 0.2) is 0 Å². The van der Waals surface area contributed by atoms with Crippen LogP contribution in [0, 0.1) is 11.8 Å². The monoisotopic (exact) mass is 184 g/mol. The average Bonchev–Trinajstić information content (AvgIpc) is 2.13. The van der Waals surface area contributed by atoms with E-state index in [0.717, 1.165) is 12.3 Å². The Morgan fingerprint density at radius 2 is 2.08 bits per heavy atom. The number of methoxy groups -OCH3 is 1. The lowest BCUT2D eigenvalue weighted by Gasteiger charge is -2.11. The van der Waals surface area contributed by atoms with Gasteiger partial charge in [-0.2, -0.15) is 0 Å². The van der Waals surface area contributed by atoms with Crippen molar-refractivity contribution in [1.29, 1.82) is 0 Å². The van der Waals surface area contributed by atoms with Gasteiger partial charge in [-0.3, -0.25) is 0 Å². The normalized spacial score (nSPS) is 15.7. The van der Waals surface area contributed by atoms with E-state index in [-0.39, 0.29) is 5.97 Å². The Morgan fingerprint density at radius 3 is 2.54 bits per heavy atom. The van der Waals surface area contributed by atoms with Crippen molar-refractivity contribution in [3.8, 4) is 0 Å². The van der Waals surface area contributed by atoms with Crippen molar-refractivity contribution in [3.05, 3.63) is 12.2 Å². The molecule has 0 aliphatic carbocycles. The van der Waals surface area contributed by atoms with E-state index < -0.39 is 0 Å². The third-order valence-electron chi connectivity index (χ3n) is 2.23. The Labute approximate surface area is 81.0 Å². The molecule has 2 atom stereocenters. The second kappa shape index (κ2) is 6.70. The molecule has 0 N–H and O–H groups in total. The van der Waals surface area contributed by atoms with Crippen molar-refractivity contribution in [3.63, 3.8) is 0 Å². The van der Waals surface area contributed by atoms with Crippen molar-refractivity contribution >= 4 is 5.97 Å². The third kappa shape index (κ3) is 6.38. The number of rotatable bonds is 5. The summed E-state index contributed by atoms with van der Waals surface area (Å²) in [6.07, 6.45) is 5.74. The molecule has 0 aromatic rings. The molecule has 0 fully saturated rings. The fraction of sp³-hybridized carbons (Fsp3) is 0.727. The topological polar surface area (TPSA) is 26.3 Å². The molecule has 13 heavy (non-hydrogen) atoms. The van der Waals surface area contributed by atoms with Crippen LogP contribution in [0.1, 0.15) is 33.6 Å². The first kappa shape index (κ1) is 12.2. The largest absolute Gasteiger partial charge is 0.466 e. The molecule has 0 heterocycles. The second-order valence-electron chi connectivity index (χ2n) is 3.61. The van der Waals surface area contributed by atoms with E-state index in [1.807, 2.05) is 6.08 Å². The fourth-order valence-electron chi connectivity index (χ4n) is 1.19. The summed E-state index contributed by atoms with van der Waals surface area (Å²) in [6.45, 7) is 6.52. The third-order valence-corrected chi connectivity index (χ3v) is 2.23. The molecule has 0 bridgehead atoms. The van der Waals surface area contributed by atoms with Crippen LogP contribution in [0.3, 0.4) is 0 Å². The van der Waals surface area contributed by atoms with Crippen LogP contribution in [0.5, 0.6) is 0 Å². The summed E-state index contributed by atoms with van der Waals surface area (Å²) < 4.78 is 4.51. The summed E-state index contributed by atoms with van der Waals surface area (Å²) in [4.78, 5) is 10.8. The van der Waals surface area contributed by atoms with Gasteiger partial charge in [0.25, 0.3) is 0 Å². The smallest absolute Gasteiger partial charge is 0.330 e. The molecule has 0 aliphatic rings. The van der Waals surface area contributed by atoms with Crippen LogP contribution in [0.25, 0.3) is 0 Å². The van der Waals surface area contributed by atoms with Gasteiger partial charge in [-0.15, -0.1) is 0 Å². The zero-order valence-electron chi connectivity index (χ0n) is 9.04. The summed E-state index contributed by atoms with van der Waals surface area (Å²) in [5.41, 5.74) is 0. The first-order valence-electron chi connectivity index (χ1n) is 4.86. The highest BCUT2D eigenvalue weighted by Gasteiger charge is 2.04. The second-order valence-corrected chi connectivity index (χ2v) is 3.61. The zero-order valence-corrected chi connectivity index (χ0v) is 9.04. The van der Waals surface area contributed by atoms with Gasteiger partial charge in [0, 0.05) is 6.08 Å².